The average molecular weight is 531 g/mol. The summed E-state index contributed by atoms with van der Waals surface area (Å²) >= 11 is 0. The van der Waals surface area contributed by atoms with Crippen molar-refractivity contribution in [2.24, 2.45) is 5.41 Å². The number of rotatable bonds is 6. The number of H-pyrrole nitrogens is 1. The highest BCUT2D eigenvalue weighted by Gasteiger charge is 2.49. The third-order valence-electron chi connectivity index (χ3n) is 7.86. The third kappa shape index (κ3) is 4.82. The van der Waals surface area contributed by atoms with E-state index in [0.29, 0.717) is 29.9 Å². The molecule has 0 unspecified atom stereocenters. The molecule has 11 nitrogen and oxygen atoms in total. The maximum Gasteiger partial charge on any atom is 0.229 e. The molecule has 2 aliphatic rings. The van der Waals surface area contributed by atoms with Gasteiger partial charge in [-0.05, 0) is 51.7 Å². The van der Waals surface area contributed by atoms with Gasteiger partial charge < -0.3 is 15.1 Å². The largest absolute Gasteiger partial charge is 0.341 e. The van der Waals surface area contributed by atoms with E-state index < -0.39 is 5.82 Å². The number of amides is 1. The number of piperidine rings is 1. The van der Waals surface area contributed by atoms with Gasteiger partial charge in [0.25, 0.3) is 0 Å². The predicted molar refractivity (Wildman–Crippen MR) is 143 cm³/mol. The Labute approximate surface area is 225 Å². The summed E-state index contributed by atoms with van der Waals surface area (Å²) in [6, 6.07) is 7.44. The molecule has 1 atom stereocenters. The van der Waals surface area contributed by atoms with E-state index in [-0.39, 0.29) is 17.4 Å². The fraction of sp³-hybridized carbons (Fsp3) is 0.407. The monoisotopic (exact) mass is 530 g/mol. The summed E-state index contributed by atoms with van der Waals surface area (Å²) < 4.78 is 14.7. The van der Waals surface area contributed by atoms with Gasteiger partial charge in [-0.2, -0.15) is 15.2 Å². The number of nitrogens with zero attached hydrogens (tertiary/aromatic N) is 8. The van der Waals surface area contributed by atoms with Crippen LogP contribution in [0.5, 0.6) is 0 Å². The normalized spacial score (nSPS) is 17.7. The van der Waals surface area contributed by atoms with Crippen molar-refractivity contribution >= 4 is 23.5 Å². The number of carbonyl (C=O) groups is 1. The minimum atomic E-state index is -0.414. The highest BCUT2D eigenvalue weighted by atomic mass is 19.1. The van der Waals surface area contributed by atoms with Gasteiger partial charge in [0, 0.05) is 49.4 Å². The van der Waals surface area contributed by atoms with Crippen molar-refractivity contribution in [1.29, 1.82) is 0 Å². The van der Waals surface area contributed by atoms with Gasteiger partial charge in [-0.25, -0.2) is 19.0 Å². The Bertz CT molecular complexity index is 1490. The number of aryl methyl sites for hydroxylation is 2. The number of nitrogens with one attached hydrogen (secondary N) is 2. The highest BCUT2D eigenvalue weighted by Crippen LogP contribution is 2.44. The Kier molecular flexibility index (Phi) is 6.24. The number of pyridine rings is 1. The van der Waals surface area contributed by atoms with Gasteiger partial charge in [0.05, 0.1) is 23.9 Å². The molecule has 0 aliphatic carbocycles. The Morgan fingerprint density at radius 2 is 1.85 bits per heavy atom. The molecular formula is C27H31FN10O. The number of hydrogen-bond donors (Lipinski definition) is 2. The van der Waals surface area contributed by atoms with Gasteiger partial charge in [-0.1, -0.05) is 6.07 Å². The molecule has 0 bridgehead atoms. The van der Waals surface area contributed by atoms with Gasteiger partial charge in [0.1, 0.15) is 5.82 Å². The summed E-state index contributed by atoms with van der Waals surface area (Å²) in [5.74, 6) is 2.39. The second kappa shape index (κ2) is 9.75. The van der Waals surface area contributed by atoms with Gasteiger partial charge in [0.15, 0.2) is 17.5 Å². The Balaban J connectivity index is 1.11. The van der Waals surface area contributed by atoms with E-state index in [1.165, 1.54) is 10.9 Å². The molecule has 39 heavy (non-hydrogen) atoms. The SMILES string of the molecule is Cc1cc(Nc2cc(C)[nH]n2)nc(N2CCC3(CC2)CCN([C@@H](C)c2ccc(-n4cc(F)cn4)nc2)C3=O)n1. The van der Waals surface area contributed by atoms with Crippen LogP contribution in [-0.4, -0.2) is 65.4 Å². The minimum absolute atomic E-state index is 0.106. The summed E-state index contributed by atoms with van der Waals surface area (Å²) in [6.45, 7) is 8.08. The molecule has 0 radical (unpaired) electrons. The zero-order valence-corrected chi connectivity index (χ0v) is 22.2. The summed E-state index contributed by atoms with van der Waals surface area (Å²) in [5.41, 5.74) is 2.41. The van der Waals surface area contributed by atoms with Crippen LogP contribution < -0.4 is 10.2 Å². The smallest absolute Gasteiger partial charge is 0.229 e. The van der Waals surface area contributed by atoms with Gasteiger partial charge in [-0.15, -0.1) is 0 Å². The zero-order chi connectivity index (χ0) is 27.1. The van der Waals surface area contributed by atoms with Crippen molar-refractivity contribution in [2.45, 2.75) is 46.1 Å². The standard InChI is InChI=1S/C27H31FN10O/c1-17-12-22(32-23-13-18(2)34-35-23)33-26(31-17)36-9-6-27(7-10-36)8-11-37(25(27)39)19(3)20-4-5-24(29-14-20)38-16-21(28)15-30-38/h4-5,12-16,19H,6-11H2,1-3H3,(H2,31,32,33,34,35)/t19-/m0/s1. The van der Waals surface area contributed by atoms with E-state index in [4.69, 9.17) is 4.98 Å². The van der Waals surface area contributed by atoms with E-state index >= 15 is 0 Å². The molecular weight excluding hydrogens is 499 g/mol. The molecule has 4 aromatic rings. The molecule has 2 N–H and O–H groups in total. The Hall–Kier alpha value is -4.35. The van der Waals surface area contributed by atoms with Crippen molar-refractivity contribution in [3.8, 4) is 5.82 Å². The fourth-order valence-corrected chi connectivity index (χ4v) is 5.57. The lowest BCUT2D eigenvalue weighted by Crippen LogP contribution is -2.45. The van der Waals surface area contributed by atoms with Crippen LogP contribution in [0.1, 0.15) is 49.2 Å². The molecule has 2 saturated heterocycles. The molecule has 12 heteroatoms. The molecule has 202 valence electrons. The van der Waals surface area contributed by atoms with E-state index in [9.17, 15) is 9.18 Å². The van der Waals surface area contributed by atoms with Gasteiger partial charge >= 0.3 is 0 Å². The summed E-state index contributed by atoms with van der Waals surface area (Å²) in [7, 11) is 0. The number of anilines is 3. The number of hydrogen-bond acceptors (Lipinski definition) is 8. The van der Waals surface area contributed by atoms with Crippen LogP contribution in [-0.2, 0) is 4.79 Å². The highest BCUT2D eigenvalue weighted by molar-refractivity contribution is 5.85. The Morgan fingerprint density at radius 1 is 1.05 bits per heavy atom. The van der Waals surface area contributed by atoms with Crippen LogP contribution in [0.4, 0.5) is 22.0 Å². The van der Waals surface area contributed by atoms with E-state index in [1.54, 1.807) is 12.3 Å². The number of aromatic amines is 1. The van der Waals surface area contributed by atoms with Gasteiger partial charge in [-0.3, -0.25) is 9.89 Å². The molecule has 6 heterocycles. The van der Waals surface area contributed by atoms with Crippen LogP contribution in [0.2, 0.25) is 0 Å². The number of carbonyl (C=O) groups excluding carboxylic acids is 1. The maximum atomic E-state index is 13.7. The number of halogens is 1. The van der Waals surface area contributed by atoms with Crippen molar-refractivity contribution in [1.82, 2.24) is 39.8 Å². The van der Waals surface area contributed by atoms with Crippen molar-refractivity contribution in [3.05, 3.63) is 65.6 Å². The Morgan fingerprint density at radius 3 is 2.51 bits per heavy atom. The van der Waals surface area contributed by atoms with Crippen LogP contribution in [0.3, 0.4) is 0 Å². The maximum absolute atomic E-state index is 13.7. The molecule has 0 aromatic carbocycles. The molecule has 2 aliphatic heterocycles. The first kappa shape index (κ1) is 25.0. The quantitative estimate of drug-likeness (QED) is 0.386. The average Bonchev–Trinajstić information content (AvgIpc) is 3.63. The van der Waals surface area contributed by atoms with Crippen molar-refractivity contribution < 1.29 is 9.18 Å². The van der Waals surface area contributed by atoms with Crippen LogP contribution in [0, 0.1) is 25.1 Å². The van der Waals surface area contributed by atoms with Crippen molar-refractivity contribution in [2.75, 3.05) is 29.9 Å². The topological polar surface area (TPSA) is 121 Å². The first-order chi connectivity index (χ1) is 18.8. The second-order valence-corrected chi connectivity index (χ2v) is 10.5. The summed E-state index contributed by atoms with van der Waals surface area (Å²) in [5, 5.41) is 14.4. The molecule has 0 saturated carbocycles. The second-order valence-electron chi connectivity index (χ2n) is 10.5. The number of likely N-dealkylation sites (tertiary alicyclic amines) is 1. The van der Waals surface area contributed by atoms with Crippen LogP contribution >= 0.6 is 0 Å². The van der Waals surface area contributed by atoms with E-state index in [0.717, 1.165) is 55.5 Å². The molecule has 6 rings (SSSR count). The van der Waals surface area contributed by atoms with Crippen LogP contribution in [0.25, 0.3) is 5.82 Å². The molecule has 1 spiro atoms. The van der Waals surface area contributed by atoms with Crippen molar-refractivity contribution in [3.63, 3.8) is 0 Å². The molecule has 4 aromatic heterocycles. The molecule has 2 fully saturated rings. The lowest BCUT2D eigenvalue weighted by Gasteiger charge is -2.38. The predicted octanol–water partition coefficient (Wildman–Crippen LogP) is 3.86. The summed E-state index contributed by atoms with van der Waals surface area (Å²) in [6.07, 6.45) is 6.53. The minimum Gasteiger partial charge on any atom is -0.341 e. The zero-order valence-electron chi connectivity index (χ0n) is 22.2. The summed E-state index contributed by atoms with van der Waals surface area (Å²) in [4.78, 5) is 31.7. The first-order valence-corrected chi connectivity index (χ1v) is 13.2. The van der Waals surface area contributed by atoms with Crippen LogP contribution in [0.15, 0.2) is 42.9 Å². The number of aromatic nitrogens is 7. The lowest BCUT2D eigenvalue weighted by atomic mass is 9.77. The van der Waals surface area contributed by atoms with Gasteiger partial charge in [0.2, 0.25) is 11.9 Å². The van der Waals surface area contributed by atoms with E-state index in [1.807, 2.05) is 43.9 Å². The third-order valence-corrected chi connectivity index (χ3v) is 7.86. The molecule has 1 amide bonds. The fourth-order valence-electron chi connectivity index (χ4n) is 5.57. The lowest BCUT2D eigenvalue weighted by molar-refractivity contribution is -0.138. The first-order valence-electron chi connectivity index (χ1n) is 13.2. The van der Waals surface area contributed by atoms with E-state index in [2.05, 4.69) is 35.5 Å².